The van der Waals surface area contributed by atoms with Gasteiger partial charge in [0.05, 0.1) is 13.2 Å². The minimum Gasteiger partial charge on any atom is -0.361 e. The maximum absolute atomic E-state index is 13.3. The van der Waals surface area contributed by atoms with Crippen LogP contribution in [0.15, 0.2) is 24.5 Å². The van der Waals surface area contributed by atoms with Crippen molar-refractivity contribution in [1.82, 2.24) is 19.7 Å². The van der Waals surface area contributed by atoms with Gasteiger partial charge >= 0.3 is 6.03 Å². The van der Waals surface area contributed by atoms with Crippen LogP contribution in [-0.4, -0.2) is 83.6 Å². The molecule has 1 spiro atoms. The van der Waals surface area contributed by atoms with Crippen molar-refractivity contribution in [3.8, 4) is 0 Å². The van der Waals surface area contributed by atoms with Crippen LogP contribution in [0, 0.1) is 0 Å². The minimum atomic E-state index is -1.03. The van der Waals surface area contributed by atoms with Crippen LogP contribution < -0.4 is 0 Å². The van der Waals surface area contributed by atoms with E-state index in [0.29, 0.717) is 19.7 Å². The molecular weight excluding hydrogens is 320 g/mol. The van der Waals surface area contributed by atoms with Crippen molar-refractivity contribution in [3.05, 3.63) is 30.1 Å². The Bertz CT molecular complexity index is 649. The summed E-state index contributed by atoms with van der Waals surface area (Å²) in [5.74, 6) is -0.254. The van der Waals surface area contributed by atoms with E-state index in [-0.39, 0.29) is 30.4 Å². The van der Waals surface area contributed by atoms with Crippen LogP contribution in [0.5, 0.6) is 0 Å². The van der Waals surface area contributed by atoms with E-state index in [0.717, 1.165) is 5.56 Å². The van der Waals surface area contributed by atoms with E-state index in [9.17, 15) is 9.59 Å². The molecule has 2 aliphatic heterocycles. The van der Waals surface area contributed by atoms with Gasteiger partial charge in [-0.2, -0.15) is 0 Å². The van der Waals surface area contributed by atoms with Crippen LogP contribution in [0.2, 0.25) is 0 Å². The summed E-state index contributed by atoms with van der Waals surface area (Å²) in [7, 11) is 3.44. The SMILES string of the molecule is CC(C)N1CCO[C@]2(CN(C(=O)N(C)C)C[C@@H]2c2cccnc2)C1=O. The molecular formula is C18H26N4O3. The smallest absolute Gasteiger partial charge is 0.319 e. The van der Waals surface area contributed by atoms with Crippen molar-refractivity contribution in [3.63, 3.8) is 0 Å². The molecule has 7 heteroatoms. The molecule has 0 aliphatic carbocycles. The molecule has 0 radical (unpaired) electrons. The standard InChI is InChI=1S/C18H26N4O3/c1-13(2)22-8-9-25-18(16(22)23)12-21(17(24)20(3)4)11-15(18)14-6-5-7-19-10-14/h5-7,10,13,15H,8-9,11-12H2,1-4H3/t15-,18+/m1/s1. The van der Waals surface area contributed by atoms with E-state index < -0.39 is 5.60 Å². The lowest BCUT2D eigenvalue weighted by Gasteiger charge is -2.43. The Morgan fingerprint density at radius 2 is 2.20 bits per heavy atom. The molecule has 1 aromatic heterocycles. The van der Waals surface area contributed by atoms with Crippen molar-refractivity contribution in [2.24, 2.45) is 0 Å². The number of nitrogens with zero attached hydrogens (tertiary/aromatic N) is 4. The number of carbonyl (C=O) groups excluding carboxylic acids is 2. The summed E-state index contributed by atoms with van der Waals surface area (Å²) < 4.78 is 6.11. The normalized spacial score (nSPS) is 26.6. The third kappa shape index (κ3) is 2.97. The molecule has 3 rings (SSSR count). The third-order valence-electron chi connectivity index (χ3n) is 5.07. The molecule has 2 saturated heterocycles. The lowest BCUT2D eigenvalue weighted by molar-refractivity contribution is -0.174. The fourth-order valence-corrected chi connectivity index (χ4v) is 3.80. The Morgan fingerprint density at radius 3 is 2.80 bits per heavy atom. The van der Waals surface area contributed by atoms with E-state index in [1.54, 1.807) is 31.4 Å². The molecule has 2 aliphatic rings. The van der Waals surface area contributed by atoms with Crippen molar-refractivity contribution < 1.29 is 14.3 Å². The van der Waals surface area contributed by atoms with Crippen LogP contribution in [0.25, 0.3) is 0 Å². The molecule has 3 heterocycles. The average molecular weight is 346 g/mol. The van der Waals surface area contributed by atoms with Gasteiger partial charge in [0.2, 0.25) is 0 Å². The first-order chi connectivity index (χ1) is 11.9. The quantitative estimate of drug-likeness (QED) is 0.806. The second kappa shape index (κ2) is 6.63. The van der Waals surface area contributed by atoms with Crippen LogP contribution in [0.1, 0.15) is 25.3 Å². The summed E-state index contributed by atoms with van der Waals surface area (Å²) in [4.78, 5) is 35.2. The fraction of sp³-hybridized carbons (Fsp3) is 0.611. The highest BCUT2D eigenvalue weighted by Crippen LogP contribution is 2.42. The largest absolute Gasteiger partial charge is 0.361 e. The van der Waals surface area contributed by atoms with Crippen LogP contribution >= 0.6 is 0 Å². The summed E-state index contributed by atoms with van der Waals surface area (Å²) >= 11 is 0. The number of aromatic nitrogens is 1. The predicted molar refractivity (Wildman–Crippen MR) is 93.2 cm³/mol. The number of ether oxygens (including phenoxy) is 1. The van der Waals surface area contributed by atoms with E-state index in [4.69, 9.17) is 4.74 Å². The van der Waals surface area contributed by atoms with Crippen molar-refractivity contribution in [1.29, 1.82) is 0 Å². The maximum Gasteiger partial charge on any atom is 0.319 e. The molecule has 3 amide bonds. The van der Waals surface area contributed by atoms with Gasteiger partial charge in [0.25, 0.3) is 5.91 Å². The maximum atomic E-state index is 13.3. The number of pyridine rings is 1. The monoisotopic (exact) mass is 346 g/mol. The summed E-state index contributed by atoms with van der Waals surface area (Å²) in [6.45, 7) is 5.79. The Balaban J connectivity index is 2.01. The molecule has 0 aromatic carbocycles. The highest BCUT2D eigenvalue weighted by molar-refractivity contribution is 5.90. The highest BCUT2D eigenvalue weighted by Gasteiger charge is 2.58. The summed E-state index contributed by atoms with van der Waals surface area (Å²) in [6, 6.07) is 3.80. The summed E-state index contributed by atoms with van der Waals surface area (Å²) in [6.07, 6.45) is 3.47. The van der Waals surface area contributed by atoms with Gasteiger partial charge in [-0.05, 0) is 25.5 Å². The van der Waals surface area contributed by atoms with Crippen molar-refractivity contribution in [2.75, 3.05) is 40.3 Å². The van der Waals surface area contributed by atoms with Gasteiger partial charge in [0.15, 0.2) is 5.60 Å². The van der Waals surface area contributed by atoms with Gasteiger partial charge in [-0.1, -0.05) is 6.07 Å². The van der Waals surface area contributed by atoms with Gasteiger partial charge in [0.1, 0.15) is 0 Å². The zero-order valence-electron chi connectivity index (χ0n) is 15.3. The number of likely N-dealkylation sites (tertiary alicyclic amines) is 1. The van der Waals surface area contributed by atoms with E-state index in [1.165, 1.54) is 4.90 Å². The number of rotatable bonds is 2. The molecule has 0 N–H and O–H groups in total. The molecule has 0 unspecified atom stereocenters. The first-order valence-electron chi connectivity index (χ1n) is 8.68. The molecule has 7 nitrogen and oxygen atoms in total. The number of urea groups is 1. The van der Waals surface area contributed by atoms with Crippen LogP contribution in [-0.2, 0) is 9.53 Å². The molecule has 25 heavy (non-hydrogen) atoms. The molecule has 0 bridgehead atoms. The Kier molecular flexibility index (Phi) is 4.69. The fourth-order valence-electron chi connectivity index (χ4n) is 3.80. The lowest BCUT2D eigenvalue weighted by Crippen LogP contribution is -2.62. The van der Waals surface area contributed by atoms with Gasteiger partial charge in [0, 0.05) is 51.5 Å². The first-order valence-corrected chi connectivity index (χ1v) is 8.68. The van der Waals surface area contributed by atoms with Crippen molar-refractivity contribution in [2.45, 2.75) is 31.4 Å². The third-order valence-corrected chi connectivity index (χ3v) is 5.07. The van der Waals surface area contributed by atoms with Gasteiger partial charge < -0.3 is 19.4 Å². The first kappa shape index (κ1) is 17.7. The molecule has 1 aromatic rings. The van der Waals surface area contributed by atoms with Gasteiger partial charge in [-0.25, -0.2) is 4.79 Å². The molecule has 0 saturated carbocycles. The molecule has 2 atom stereocenters. The number of carbonyl (C=O) groups is 2. The number of hydrogen-bond acceptors (Lipinski definition) is 4. The van der Waals surface area contributed by atoms with Gasteiger partial charge in [-0.3, -0.25) is 9.78 Å². The number of hydrogen-bond donors (Lipinski definition) is 0. The Labute approximate surface area is 148 Å². The number of amides is 3. The Hall–Kier alpha value is -2.15. The Morgan fingerprint density at radius 1 is 1.44 bits per heavy atom. The van der Waals surface area contributed by atoms with Gasteiger partial charge in [-0.15, -0.1) is 0 Å². The van der Waals surface area contributed by atoms with Crippen LogP contribution in [0.4, 0.5) is 4.79 Å². The zero-order valence-corrected chi connectivity index (χ0v) is 15.3. The second-order valence-corrected chi connectivity index (χ2v) is 7.23. The average Bonchev–Trinajstić information content (AvgIpc) is 2.97. The highest BCUT2D eigenvalue weighted by atomic mass is 16.5. The van der Waals surface area contributed by atoms with Crippen LogP contribution in [0.3, 0.4) is 0 Å². The second-order valence-electron chi connectivity index (χ2n) is 7.23. The predicted octanol–water partition coefficient (Wildman–Crippen LogP) is 1.17. The van der Waals surface area contributed by atoms with E-state index in [1.807, 2.05) is 30.9 Å². The van der Waals surface area contributed by atoms with E-state index in [2.05, 4.69) is 4.98 Å². The topological polar surface area (TPSA) is 66.0 Å². The zero-order chi connectivity index (χ0) is 18.2. The summed E-state index contributed by atoms with van der Waals surface area (Å²) in [5.41, 5.74) is -0.104. The molecule has 2 fully saturated rings. The minimum absolute atomic E-state index is 0.0309. The van der Waals surface area contributed by atoms with Crippen molar-refractivity contribution >= 4 is 11.9 Å². The lowest BCUT2D eigenvalue weighted by atomic mass is 9.83. The van der Waals surface area contributed by atoms with E-state index >= 15 is 0 Å². The summed E-state index contributed by atoms with van der Waals surface area (Å²) in [5, 5.41) is 0. The molecule has 136 valence electrons. The number of morpholine rings is 1.